The highest BCUT2D eigenvalue weighted by Gasteiger charge is 2.10. The maximum atomic E-state index is 11.4. The number of methoxy groups -OCH3 is 1. The average molecular weight is 275 g/mol. The van der Waals surface area contributed by atoms with E-state index in [1.807, 2.05) is 25.1 Å². The van der Waals surface area contributed by atoms with Crippen LogP contribution < -0.4 is 5.32 Å². The molecule has 3 nitrogen and oxygen atoms in total. The number of hydrogen-bond acceptors (Lipinski definition) is 4. The lowest BCUT2D eigenvalue weighted by Crippen LogP contribution is -2.07. The SMILES string of the molecule is COC(=O)c1ccc(NC(C)c2cccs2)c(C)c1. The summed E-state index contributed by atoms with van der Waals surface area (Å²) >= 11 is 1.73. The molecule has 0 saturated carbocycles. The van der Waals surface area contributed by atoms with Crippen LogP contribution in [0.5, 0.6) is 0 Å². The van der Waals surface area contributed by atoms with Gasteiger partial charge in [-0.15, -0.1) is 11.3 Å². The van der Waals surface area contributed by atoms with Gasteiger partial charge in [0.1, 0.15) is 0 Å². The number of anilines is 1. The van der Waals surface area contributed by atoms with Crippen molar-refractivity contribution < 1.29 is 9.53 Å². The van der Waals surface area contributed by atoms with Gasteiger partial charge < -0.3 is 10.1 Å². The van der Waals surface area contributed by atoms with Crippen molar-refractivity contribution in [1.82, 2.24) is 0 Å². The van der Waals surface area contributed by atoms with Gasteiger partial charge in [0.15, 0.2) is 0 Å². The fraction of sp³-hybridized carbons (Fsp3) is 0.267. The lowest BCUT2D eigenvalue weighted by molar-refractivity contribution is 0.0600. The van der Waals surface area contributed by atoms with E-state index in [1.165, 1.54) is 12.0 Å². The minimum atomic E-state index is -0.305. The molecule has 100 valence electrons. The summed E-state index contributed by atoms with van der Waals surface area (Å²) in [5.74, 6) is -0.305. The molecule has 0 amide bonds. The minimum absolute atomic E-state index is 0.252. The van der Waals surface area contributed by atoms with Gasteiger partial charge in [-0.25, -0.2) is 4.79 Å². The molecule has 2 aromatic rings. The molecule has 1 atom stereocenters. The first-order valence-electron chi connectivity index (χ1n) is 6.10. The second kappa shape index (κ2) is 5.89. The van der Waals surface area contributed by atoms with Crippen LogP contribution in [0.15, 0.2) is 35.7 Å². The fourth-order valence-electron chi connectivity index (χ4n) is 1.91. The highest BCUT2D eigenvalue weighted by atomic mass is 32.1. The van der Waals surface area contributed by atoms with Crippen LogP contribution in [-0.4, -0.2) is 13.1 Å². The van der Waals surface area contributed by atoms with Gasteiger partial charge in [-0.05, 0) is 49.1 Å². The third-order valence-electron chi connectivity index (χ3n) is 2.99. The van der Waals surface area contributed by atoms with Crippen molar-refractivity contribution in [2.45, 2.75) is 19.9 Å². The molecule has 19 heavy (non-hydrogen) atoms. The zero-order valence-corrected chi connectivity index (χ0v) is 12.1. The number of carbonyl (C=O) groups excluding carboxylic acids is 1. The molecular formula is C15H17NO2S. The zero-order valence-electron chi connectivity index (χ0n) is 11.3. The molecule has 1 N–H and O–H groups in total. The summed E-state index contributed by atoms with van der Waals surface area (Å²) in [6.45, 7) is 4.11. The van der Waals surface area contributed by atoms with E-state index in [0.717, 1.165) is 11.3 Å². The number of esters is 1. The minimum Gasteiger partial charge on any atom is -0.465 e. The fourth-order valence-corrected chi connectivity index (χ4v) is 2.65. The molecule has 0 radical (unpaired) electrons. The normalized spacial score (nSPS) is 11.9. The number of aryl methyl sites for hydroxylation is 1. The summed E-state index contributed by atoms with van der Waals surface area (Å²) < 4.78 is 4.71. The van der Waals surface area contributed by atoms with Crippen LogP contribution in [0.4, 0.5) is 5.69 Å². The van der Waals surface area contributed by atoms with E-state index in [0.29, 0.717) is 5.56 Å². The molecule has 0 saturated heterocycles. The molecule has 1 aromatic heterocycles. The van der Waals surface area contributed by atoms with E-state index in [4.69, 9.17) is 4.74 Å². The Morgan fingerprint density at radius 2 is 2.16 bits per heavy atom. The summed E-state index contributed by atoms with van der Waals surface area (Å²) in [4.78, 5) is 12.7. The number of ether oxygens (including phenoxy) is 1. The Morgan fingerprint density at radius 1 is 1.37 bits per heavy atom. The highest BCUT2D eigenvalue weighted by Crippen LogP contribution is 2.25. The number of carbonyl (C=O) groups is 1. The lowest BCUT2D eigenvalue weighted by atomic mass is 10.1. The van der Waals surface area contributed by atoms with E-state index >= 15 is 0 Å². The van der Waals surface area contributed by atoms with Gasteiger partial charge in [0.25, 0.3) is 0 Å². The molecule has 1 unspecified atom stereocenters. The molecular weight excluding hydrogens is 258 g/mol. The van der Waals surface area contributed by atoms with Gasteiger partial charge in [0.2, 0.25) is 0 Å². The first-order valence-corrected chi connectivity index (χ1v) is 6.98. The maximum absolute atomic E-state index is 11.4. The predicted octanol–water partition coefficient (Wildman–Crippen LogP) is 4.02. The van der Waals surface area contributed by atoms with E-state index in [2.05, 4.69) is 23.7 Å². The third-order valence-corrected chi connectivity index (χ3v) is 4.04. The standard InChI is InChI=1S/C15H17NO2S/c1-10-9-12(15(17)18-3)6-7-13(10)16-11(2)14-5-4-8-19-14/h4-9,11,16H,1-3H3. The summed E-state index contributed by atoms with van der Waals surface area (Å²) in [6, 6.07) is 9.96. The Labute approximate surface area is 117 Å². The number of benzene rings is 1. The van der Waals surface area contributed by atoms with Gasteiger partial charge >= 0.3 is 5.97 Å². The van der Waals surface area contributed by atoms with E-state index in [9.17, 15) is 4.79 Å². The molecule has 0 aliphatic rings. The molecule has 1 aromatic carbocycles. The molecule has 0 aliphatic heterocycles. The molecule has 1 heterocycles. The van der Waals surface area contributed by atoms with Gasteiger partial charge in [0.05, 0.1) is 18.7 Å². The van der Waals surface area contributed by atoms with E-state index < -0.39 is 0 Å². The molecule has 0 aliphatic carbocycles. The quantitative estimate of drug-likeness (QED) is 0.857. The largest absolute Gasteiger partial charge is 0.465 e. The van der Waals surface area contributed by atoms with Crippen molar-refractivity contribution in [3.05, 3.63) is 51.7 Å². The van der Waals surface area contributed by atoms with Gasteiger partial charge in [0, 0.05) is 10.6 Å². The predicted molar refractivity (Wildman–Crippen MR) is 78.9 cm³/mol. The number of thiophene rings is 1. The van der Waals surface area contributed by atoms with Crippen molar-refractivity contribution in [2.75, 3.05) is 12.4 Å². The second-order valence-electron chi connectivity index (χ2n) is 4.40. The number of nitrogens with one attached hydrogen (secondary N) is 1. The summed E-state index contributed by atoms with van der Waals surface area (Å²) in [5.41, 5.74) is 2.65. The van der Waals surface area contributed by atoms with Crippen LogP contribution in [-0.2, 0) is 4.74 Å². The number of rotatable bonds is 4. The first kappa shape index (κ1) is 13.6. The van der Waals surface area contributed by atoms with E-state index in [-0.39, 0.29) is 12.0 Å². The molecule has 0 spiro atoms. The highest BCUT2D eigenvalue weighted by molar-refractivity contribution is 7.10. The summed E-state index contributed by atoms with van der Waals surface area (Å²) in [5, 5.41) is 5.53. The Morgan fingerprint density at radius 3 is 2.74 bits per heavy atom. The number of hydrogen-bond donors (Lipinski definition) is 1. The lowest BCUT2D eigenvalue weighted by Gasteiger charge is -2.16. The van der Waals surface area contributed by atoms with Crippen molar-refractivity contribution in [3.63, 3.8) is 0 Å². The zero-order chi connectivity index (χ0) is 13.8. The van der Waals surface area contributed by atoms with Crippen LogP contribution in [0, 0.1) is 6.92 Å². The van der Waals surface area contributed by atoms with Crippen LogP contribution in [0.2, 0.25) is 0 Å². The monoisotopic (exact) mass is 275 g/mol. The van der Waals surface area contributed by atoms with Gasteiger partial charge in [-0.1, -0.05) is 6.07 Å². The molecule has 0 fully saturated rings. The van der Waals surface area contributed by atoms with Crippen LogP contribution in [0.25, 0.3) is 0 Å². The van der Waals surface area contributed by atoms with Crippen molar-refractivity contribution in [3.8, 4) is 0 Å². The van der Waals surface area contributed by atoms with E-state index in [1.54, 1.807) is 17.4 Å². The smallest absolute Gasteiger partial charge is 0.337 e. The Kier molecular flexibility index (Phi) is 4.22. The first-order chi connectivity index (χ1) is 9.11. The topological polar surface area (TPSA) is 38.3 Å². The van der Waals surface area contributed by atoms with Crippen molar-refractivity contribution in [1.29, 1.82) is 0 Å². The van der Waals surface area contributed by atoms with Crippen LogP contribution >= 0.6 is 11.3 Å². The molecule has 0 bridgehead atoms. The van der Waals surface area contributed by atoms with Crippen molar-refractivity contribution >= 4 is 23.0 Å². The van der Waals surface area contributed by atoms with Crippen molar-refractivity contribution in [2.24, 2.45) is 0 Å². The Balaban J connectivity index is 2.15. The van der Waals surface area contributed by atoms with Gasteiger partial charge in [-0.3, -0.25) is 0 Å². The summed E-state index contributed by atoms with van der Waals surface area (Å²) in [7, 11) is 1.39. The average Bonchev–Trinajstić information content (AvgIpc) is 2.94. The molecule has 2 rings (SSSR count). The summed E-state index contributed by atoms with van der Waals surface area (Å²) in [6.07, 6.45) is 0. The van der Waals surface area contributed by atoms with Crippen LogP contribution in [0.3, 0.4) is 0 Å². The third kappa shape index (κ3) is 3.15. The van der Waals surface area contributed by atoms with Gasteiger partial charge in [-0.2, -0.15) is 0 Å². The second-order valence-corrected chi connectivity index (χ2v) is 5.38. The van der Waals surface area contributed by atoms with Crippen LogP contribution in [0.1, 0.15) is 33.8 Å². The molecule has 4 heteroatoms. The maximum Gasteiger partial charge on any atom is 0.337 e. The Hall–Kier alpha value is -1.81. The Bertz CT molecular complexity index is 564.